The first-order chi connectivity index (χ1) is 7.85. The number of aliphatic hydroxyl groups is 1. The maximum absolute atomic E-state index is 10.2. The van der Waals surface area contributed by atoms with Gasteiger partial charge < -0.3 is 9.84 Å². The summed E-state index contributed by atoms with van der Waals surface area (Å²) in [6.07, 6.45) is 1.62. The lowest BCUT2D eigenvalue weighted by atomic mass is 9.86. The molecule has 2 nitrogen and oxygen atoms in total. The average molecular weight is 234 g/mol. The van der Waals surface area contributed by atoms with Crippen molar-refractivity contribution < 1.29 is 9.84 Å². The first-order valence-corrected chi connectivity index (χ1v) is 6.33. The summed E-state index contributed by atoms with van der Waals surface area (Å²) in [4.78, 5) is 0. The molecular formula is C15H22O2. The lowest BCUT2D eigenvalue weighted by molar-refractivity contribution is 0.122. The van der Waals surface area contributed by atoms with E-state index < -0.39 is 0 Å². The monoisotopic (exact) mass is 234 g/mol. The molecule has 0 saturated carbocycles. The molecule has 1 aliphatic heterocycles. The van der Waals surface area contributed by atoms with Gasteiger partial charge in [0.2, 0.25) is 0 Å². The van der Waals surface area contributed by atoms with Crippen LogP contribution in [0.5, 0.6) is 5.75 Å². The third kappa shape index (κ3) is 3.01. The van der Waals surface area contributed by atoms with Gasteiger partial charge >= 0.3 is 0 Å². The quantitative estimate of drug-likeness (QED) is 0.849. The van der Waals surface area contributed by atoms with Gasteiger partial charge in [-0.05, 0) is 42.0 Å². The molecule has 2 rings (SSSR count). The predicted octanol–water partition coefficient (Wildman–Crippen LogP) is 3.48. The summed E-state index contributed by atoms with van der Waals surface area (Å²) in [5.41, 5.74) is 2.38. The number of aliphatic hydroxyl groups excluding tert-OH is 1. The Hall–Kier alpha value is -1.02. The smallest absolute Gasteiger partial charge is 0.123 e. The van der Waals surface area contributed by atoms with Gasteiger partial charge in [-0.25, -0.2) is 0 Å². The molecule has 17 heavy (non-hydrogen) atoms. The van der Waals surface area contributed by atoms with E-state index in [2.05, 4.69) is 33.8 Å². The maximum atomic E-state index is 10.2. The Bertz CT molecular complexity index is 404. The molecule has 0 bridgehead atoms. The van der Waals surface area contributed by atoms with Crippen molar-refractivity contribution in [2.75, 3.05) is 0 Å². The summed E-state index contributed by atoms with van der Waals surface area (Å²) in [6, 6.07) is 6.06. The van der Waals surface area contributed by atoms with Crippen molar-refractivity contribution in [1.29, 1.82) is 0 Å². The minimum atomic E-state index is -0.379. The van der Waals surface area contributed by atoms with Crippen LogP contribution in [-0.4, -0.2) is 11.2 Å². The molecule has 1 aromatic carbocycles. The van der Waals surface area contributed by atoms with Crippen LogP contribution in [-0.2, 0) is 6.42 Å². The standard InChI is InChI=1S/C15H22O2/c1-10-7-12-8-11(5-6-14(12)17-10)13(16)9-15(2,3)4/h5-6,8,10,13,16H,7,9H2,1-4H3. The molecule has 0 radical (unpaired) electrons. The van der Waals surface area contributed by atoms with E-state index in [1.54, 1.807) is 0 Å². The summed E-state index contributed by atoms with van der Waals surface area (Å²) < 4.78 is 5.66. The first kappa shape index (κ1) is 12.4. The normalized spacial score (nSPS) is 20.9. The molecule has 1 heterocycles. The lowest BCUT2D eigenvalue weighted by Crippen LogP contribution is -2.11. The van der Waals surface area contributed by atoms with E-state index in [-0.39, 0.29) is 17.6 Å². The molecular weight excluding hydrogens is 212 g/mol. The van der Waals surface area contributed by atoms with Crippen molar-refractivity contribution in [2.45, 2.75) is 52.7 Å². The number of hydrogen-bond acceptors (Lipinski definition) is 2. The van der Waals surface area contributed by atoms with Crippen LogP contribution in [0, 0.1) is 5.41 Å². The molecule has 1 N–H and O–H groups in total. The Labute approximate surface area is 104 Å². The second-order valence-corrected chi connectivity index (χ2v) is 6.28. The van der Waals surface area contributed by atoms with Gasteiger partial charge in [0.25, 0.3) is 0 Å². The Morgan fingerprint density at radius 1 is 1.41 bits per heavy atom. The maximum Gasteiger partial charge on any atom is 0.123 e. The minimum Gasteiger partial charge on any atom is -0.490 e. The zero-order valence-corrected chi connectivity index (χ0v) is 11.2. The lowest BCUT2D eigenvalue weighted by Gasteiger charge is -2.22. The van der Waals surface area contributed by atoms with Crippen LogP contribution in [0.25, 0.3) is 0 Å². The van der Waals surface area contributed by atoms with Gasteiger partial charge in [-0.3, -0.25) is 0 Å². The van der Waals surface area contributed by atoms with Crippen molar-refractivity contribution in [1.82, 2.24) is 0 Å². The number of hydrogen-bond donors (Lipinski definition) is 1. The van der Waals surface area contributed by atoms with Crippen LogP contribution in [0.1, 0.15) is 51.3 Å². The van der Waals surface area contributed by atoms with Gasteiger partial charge in [0, 0.05) is 6.42 Å². The largest absolute Gasteiger partial charge is 0.490 e. The minimum absolute atomic E-state index is 0.141. The van der Waals surface area contributed by atoms with Crippen molar-refractivity contribution >= 4 is 0 Å². The van der Waals surface area contributed by atoms with Crippen molar-refractivity contribution in [3.63, 3.8) is 0 Å². The van der Waals surface area contributed by atoms with Crippen molar-refractivity contribution in [3.8, 4) is 5.75 Å². The Balaban J connectivity index is 2.16. The van der Waals surface area contributed by atoms with Gasteiger partial charge in [-0.15, -0.1) is 0 Å². The summed E-state index contributed by atoms with van der Waals surface area (Å²) >= 11 is 0. The van der Waals surface area contributed by atoms with Gasteiger partial charge in [-0.1, -0.05) is 26.8 Å². The fraction of sp³-hybridized carbons (Fsp3) is 0.600. The fourth-order valence-electron chi connectivity index (χ4n) is 2.35. The first-order valence-electron chi connectivity index (χ1n) is 6.33. The summed E-state index contributed by atoms with van der Waals surface area (Å²) in [6.45, 7) is 8.52. The van der Waals surface area contributed by atoms with Gasteiger partial charge in [0.15, 0.2) is 0 Å². The number of ether oxygens (including phenoxy) is 1. The topological polar surface area (TPSA) is 29.5 Å². The summed E-state index contributed by atoms with van der Waals surface area (Å²) in [5.74, 6) is 0.976. The number of benzene rings is 1. The van der Waals surface area contributed by atoms with E-state index in [4.69, 9.17) is 4.74 Å². The molecule has 2 heteroatoms. The average Bonchev–Trinajstić information content (AvgIpc) is 2.53. The Kier molecular flexibility index (Phi) is 3.17. The molecule has 0 spiro atoms. The zero-order valence-electron chi connectivity index (χ0n) is 11.2. The van der Waals surface area contributed by atoms with Gasteiger partial charge in [-0.2, -0.15) is 0 Å². The highest BCUT2D eigenvalue weighted by molar-refractivity contribution is 5.41. The molecule has 1 aromatic rings. The second kappa shape index (κ2) is 4.34. The van der Waals surface area contributed by atoms with E-state index in [1.807, 2.05) is 12.1 Å². The molecule has 94 valence electrons. The van der Waals surface area contributed by atoms with Crippen LogP contribution in [0.4, 0.5) is 0 Å². The molecule has 2 atom stereocenters. The molecule has 0 amide bonds. The SMILES string of the molecule is CC1Cc2cc(C(O)CC(C)(C)C)ccc2O1. The number of fused-ring (bicyclic) bond motifs is 1. The molecule has 0 fully saturated rings. The van der Waals surface area contributed by atoms with E-state index in [0.717, 1.165) is 24.2 Å². The van der Waals surface area contributed by atoms with E-state index in [0.29, 0.717) is 0 Å². The molecule has 2 unspecified atom stereocenters. The Morgan fingerprint density at radius 2 is 2.12 bits per heavy atom. The van der Waals surface area contributed by atoms with E-state index >= 15 is 0 Å². The highest BCUT2D eigenvalue weighted by Crippen LogP contribution is 2.34. The van der Waals surface area contributed by atoms with Crippen LogP contribution >= 0.6 is 0 Å². The van der Waals surface area contributed by atoms with Crippen molar-refractivity contribution in [2.24, 2.45) is 5.41 Å². The third-order valence-corrected chi connectivity index (χ3v) is 3.11. The summed E-state index contributed by atoms with van der Waals surface area (Å²) in [5, 5.41) is 10.2. The molecule has 0 saturated heterocycles. The van der Waals surface area contributed by atoms with Crippen LogP contribution in [0.2, 0.25) is 0 Å². The van der Waals surface area contributed by atoms with Gasteiger partial charge in [0.05, 0.1) is 6.10 Å². The third-order valence-electron chi connectivity index (χ3n) is 3.11. The van der Waals surface area contributed by atoms with E-state index in [1.165, 1.54) is 5.56 Å². The highest BCUT2D eigenvalue weighted by Gasteiger charge is 2.22. The molecule has 1 aliphatic rings. The van der Waals surface area contributed by atoms with Crippen LogP contribution in [0.3, 0.4) is 0 Å². The highest BCUT2D eigenvalue weighted by atomic mass is 16.5. The summed E-state index contributed by atoms with van der Waals surface area (Å²) in [7, 11) is 0. The predicted molar refractivity (Wildman–Crippen MR) is 69.3 cm³/mol. The molecule has 0 aromatic heterocycles. The second-order valence-electron chi connectivity index (χ2n) is 6.28. The van der Waals surface area contributed by atoms with E-state index in [9.17, 15) is 5.11 Å². The van der Waals surface area contributed by atoms with Crippen LogP contribution in [0.15, 0.2) is 18.2 Å². The zero-order chi connectivity index (χ0) is 12.6. The van der Waals surface area contributed by atoms with Crippen LogP contribution < -0.4 is 4.74 Å². The van der Waals surface area contributed by atoms with Gasteiger partial charge in [0.1, 0.15) is 11.9 Å². The fourth-order valence-corrected chi connectivity index (χ4v) is 2.35. The molecule has 0 aliphatic carbocycles. The Morgan fingerprint density at radius 3 is 2.76 bits per heavy atom. The number of rotatable bonds is 2. The van der Waals surface area contributed by atoms with Crippen molar-refractivity contribution in [3.05, 3.63) is 29.3 Å².